The zero-order valence-corrected chi connectivity index (χ0v) is 15.5. The van der Waals surface area contributed by atoms with E-state index in [1.807, 2.05) is 46.1 Å². The number of aromatic nitrogens is 5. The van der Waals surface area contributed by atoms with Crippen LogP contribution in [0.4, 0.5) is 10.5 Å². The van der Waals surface area contributed by atoms with Crippen LogP contribution in [0.2, 0.25) is 0 Å². The lowest BCUT2D eigenvalue weighted by molar-refractivity contribution is 0.0442. The minimum atomic E-state index is -0.117. The number of anilines is 1. The Morgan fingerprint density at radius 1 is 1.25 bits per heavy atom. The molecule has 1 aromatic carbocycles. The van der Waals surface area contributed by atoms with E-state index in [-0.39, 0.29) is 12.1 Å². The second-order valence-corrected chi connectivity index (χ2v) is 6.74. The van der Waals surface area contributed by atoms with Gasteiger partial charge in [-0.25, -0.2) is 14.5 Å². The summed E-state index contributed by atoms with van der Waals surface area (Å²) in [7, 11) is 0. The number of hydrogen-bond acceptors (Lipinski definition) is 5. The van der Waals surface area contributed by atoms with Crippen LogP contribution in [-0.2, 0) is 17.8 Å². The molecule has 9 nitrogen and oxygen atoms in total. The lowest BCUT2D eigenvalue weighted by Gasteiger charge is -2.24. The van der Waals surface area contributed by atoms with Gasteiger partial charge in [-0.2, -0.15) is 10.2 Å². The van der Waals surface area contributed by atoms with E-state index in [1.54, 1.807) is 17.2 Å². The summed E-state index contributed by atoms with van der Waals surface area (Å²) < 4.78 is 9.46. The number of rotatable bonds is 5. The highest BCUT2D eigenvalue weighted by molar-refractivity contribution is 5.89. The van der Waals surface area contributed by atoms with Gasteiger partial charge in [-0.05, 0) is 30.2 Å². The number of ether oxygens (including phenoxy) is 1. The summed E-state index contributed by atoms with van der Waals surface area (Å²) >= 11 is 0. The van der Waals surface area contributed by atoms with Crippen LogP contribution in [0.1, 0.15) is 12.0 Å². The Hall–Kier alpha value is -3.20. The van der Waals surface area contributed by atoms with Crippen molar-refractivity contribution < 1.29 is 9.53 Å². The van der Waals surface area contributed by atoms with Crippen molar-refractivity contribution in [3.05, 3.63) is 60.9 Å². The molecule has 1 saturated heterocycles. The molecule has 2 aromatic heterocycles. The number of nitrogens with zero attached hydrogens (tertiary/aromatic N) is 6. The minimum absolute atomic E-state index is 0.0770. The molecule has 3 aromatic rings. The second-order valence-electron chi connectivity index (χ2n) is 6.74. The summed E-state index contributed by atoms with van der Waals surface area (Å²) in [5.41, 5.74) is 1.80. The smallest absolute Gasteiger partial charge is 0.321 e. The quantitative estimate of drug-likeness (QED) is 0.728. The van der Waals surface area contributed by atoms with Crippen LogP contribution in [0.15, 0.2) is 55.4 Å². The average molecular weight is 381 g/mol. The average Bonchev–Trinajstić information content (AvgIpc) is 3.33. The van der Waals surface area contributed by atoms with Gasteiger partial charge in [-0.15, -0.1) is 0 Å². The highest BCUT2D eigenvalue weighted by atomic mass is 16.5. The maximum atomic E-state index is 12.8. The Balaban J connectivity index is 1.38. The van der Waals surface area contributed by atoms with Gasteiger partial charge in [-0.3, -0.25) is 4.68 Å². The maximum absolute atomic E-state index is 12.8. The zero-order chi connectivity index (χ0) is 19.2. The first kappa shape index (κ1) is 18.2. The molecule has 1 atom stereocenters. The van der Waals surface area contributed by atoms with Crippen LogP contribution in [0.3, 0.4) is 0 Å². The van der Waals surface area contributed by atoms with E-state index in [2.05, 4.69) is 20.5 Å². The minimum Gasteiger partial charge on any atom is -0.374 e. The highest BCUT2D eigenvalue weighted by Crippen LogP contribution is 2.14. The predicted molar refractivity (Wildman–Crippen MR) is 103 cm³/mol. The van der Waals surface area contributed by atoms with Crippen molar-refractivity contribution in [2.45, 2.75) is 25.6 Å². The van der Waals surface area contributed by atoms with Crippen molar-refractivity contribution in [3.8, 4) is 0 Å². The van der Waals surface area contributed by atoms with Crippen molar-refractivity contribution >= 4 is 11.7 Å². The van der Waals surface area contributed by atoms with Crippen LogP contribution in [0, 0.1) is 0 Å². The van der Waals surface area contributed by atoms with Gasteiger partial charge in [0.2, 0.25) is 0 Å². The summed E-state index contributed by atoms with van der Waals surface area (Å²) in [5.74, 6) is 0. The lowest BCUT2D eigenvalue weighted by Crippen LogP contribution is -2.41. The van der Waals surface area contributed by atoms with Gasteiger partial charge in [0.1, 0.15) is 12.7 Å². The van der Waals surface area contributed by atoms with Gasteiger partial charge in [0.05, 0.1) is 25.7 Å². The van der Waals surface area contributed by atoms with Gasteiger partial charge in [0, 0.05) is 31.2 Å². The Bertz CT molecular complexity index is 880. The molecule has 0 spiro atoms. The number of nitrogens with one attached hydrogen (secondary N) is 1. The summed E-state index contributed by atoms with van der Waals surface area (Å²) in [6.07, 6.45) is 7.56. The largest absolute Gasteiger partial charge is 0.374 e. The van der Waals surface area contributed by atoms with E-state index in [0.29, 0.717) is 32.8 Å². The standard InChI is InChI=1S/C19H23N7O2/c27-19(23-17-5-1-4-16(10-17)11-26-15-20-14-22-26)24-7-3-9-28-18(12-24)13-25-8-2-6-21-25/h1-2,4-6,8,10,14-15,18H,3,7,9,11-13H2,(H,23,27)/t18-/m0/s1. The highest BCUT2D eigenvalue weighted by Gasteiger charge is 2.23. The zero-order valence-electron chi connectivity index (χ0n) is 15.5. The Morgan fingerprint density at radius 3 is 3.04 bits per heavy atom. The van der Waals surface area contributed by atoms with Gasteiger partial charge in [0.15, 0.2) is 0 Å². The Labute approximate surface area is 162 Å². The van der Waals surface area contributed by atoms with Crippen molar-refractivity contribution in [2.24, 2.45) is 0 Å². The fraction of sp³-hybridized carbons (Fsp3) is 0.368. The predicted octanol–water partition coefficient (Wildman–Crippen LogP) is 1.85. The summed E-state index contributed by atoms with van der Waals surface area (Å²) in [6.45, 7) is 3.07. The SMILES string of the molecule is O=C(Nc1cccc(Cn2cncn2)c1)N1CCCO[C@H](Cn2cccn2)C1. The first-order valence-electron chi connectivity index (χ1n) is 9.32. The van der Waals surface area contributed by atoms with Crippen LogP contribution in [0.25, 0.3) is 0 Å². The Morgan fingerprint density at radius 2 is 2.21 bits per heavy atom. The molecule has 9 heteroatoms. The fourth-order valence-electron chi connectivity index (χ4n) is 3.26. The van der Waals surface area contributed by atoms with Gasteiger partial charge in [-0.1, -0.05) is 12.1 Å². The molecule has 1 fully saturated rings. The number of benzene rings is 1. The third-order valence-electron chi connectivity index (χ3n) is 4.58. The molecule has 1 N–H and O–H groups in total. The molecule has 1 aliphatic heterocycles. The lowest BCUT2D eigenvalue weighted by atomic mass is 10.2. The molecule has 0 bridgehead atoms. The van der Waals surface area contributed by atoms with Gasteiger partial charge in [0.25, 0.3) is 0 Å². The van der Waals surface area contributed by atoms with E-state index in [9.17, 15) is 4.79 Å². The first-order valence-corrected chi connectivity index (χ1v) is 9.32. The van der Waals surface area contributed by atoms with Gasteiger partial charge >= 0.3 is 6.03 Å². The molecule has 0 radical (unpaired) electrons. The fourth-order valence-corrected chi connectivity index (χ4v) is 3.26. The maximum Gasteiger partial charge on any atom is 0.321 e. The molecule has 3 heterocycles. The van der Waals surface area contributed by atoms with E-state index in [0.717, 1.165) is 17.7 Å². The monoisotopic (exact) mass is 381 g/mol. The molecule has 1 aliphatic rings. The molecular weight excluding hydrogens is 358 g/mol. The van der Waals surface area contributed by atoms with Gasteiger partial charge < -0.3 is 15.0 Å². The molecular formula is C19H23N7O2. The van der Waals surface area contributed by atoms with Crippen LogP contribution >= 0.6 is 0 Å². The summed E-state index contributed by atoms with van der Waals surface area (Å²) in [4.78, 5) is 18.6. The van der Waals surface area contributed by atoms with Crippen molar-refractivity contribution in [1.82, 2.24) is 29.4 Å². The normalized spacial score (nSPS) is 17.3. The Kier molecular flexibility index (Phi) is 5.62. The van der Waals surface area contributed by atoms with E-state index in [1.165, 1.54) is 6.33 Å². The second kappa shape index (κ2) is 8.66. The van der Waals surface area contributed by atoms with Crippen molar-refractivity contribution in [3.63, 3.8) is 0 Å². The number of carbonyl (C=O) groups excluding carboxylic acids is 1. The molecule has 0 saturated carbocycles. The topological polar surface area (TPSA) is 90.1 Å². The van der Waals surface area contributed by atoms with Crippen LogP contribution in [-0.4, -0.2) is 61.3 Å². The number of urea groups is 1. The van der Waals surface area contributed by atoms with Crippen molar-refractivity contribution in [1.29, 1.82) is 0 Å². The van der Waals surface area contributed by atoms with E-state index in [4.69, 9.17) is 4.74 Å². The molecule has 2 amide bonds. The summed E-state index contributed by atoms with van der Waals surface area (Å²) in [6, 6.07) is 9.53. The van der Waals surface area contributed by atoms with E-state index < -0.39 is 0 Å². The molecule has 4 rings (SSSR count). The van der Waals surface area contributed by atoms with E-state index >= 15 is 0 Å². The first-order chi connectivity index (χ1) is 13.8. The molecule has 146 valence electrons. The summed E-state index contributed by atoms with van der Waals surface area (Å²) in [5, 5.41) is 11.3. The number of hydrogen-bond donors (Lipinski definition) is 1. The van der Waals surface area contributed by atoms with Crippen LogP contribution < -0.4 is 5.32 Å². The third kappa shape index (κ3) is 4.74. The van der Waals surface area contributed by atoms with Crippen LogP contribution in [0.5, 0.6) is 0 Å². The molecule has 0 unspecified atom stereocenters. The molecule has 0 aliphatic carbocycles. The third-order valence-corrected chi connectivity index (χ3v) is 4.58. The van der Waals surface area contributed by atoms with Crippen molar-refractivity contribution in [2.75, 3.05) is 25.0 Å². The number of carbonyl (C=O) groups is 1. The number of amides is 2. The molecule has 28 heavy (non-hydrogen) atoms.